The van der Waals surface area contributed by atoms with E-state index < -0.39 is 13.4 Å². The molecule has 0 aliphatic heterocycles. The summed E-state index contributed by atoms with van der Waals surface area (Å²) in [5, 5.41) is 20.8. The summed E-state index contributed by atoms with van der Waals surface area (Å²) in [6.07, 6.45) is 18.8. The van der Waals surface area contributed by atoms with Gasteiger partial charge >= 0.3 is 13.6 Å². The van der Waals surface area contributed by atoms with E-state index in [1.807, 2.05) is 6.92 Å². The van der Waals surface area contributed by atoms with Crippen LogP contribution in [-0.4, -0.2) is 95.2 Å². The van der Waals surface area contributed by atoms with E-state index in [1.54, 1.807) is 26.0 Å². The van der Waals surface area contributed by atoms with Gasteiger partial charge in [0.1, 0.15) is 6.54 Å². The Hall–Kier alpha value is -0.700. The molecule has 0 spiro atoms. The minimum atomic E-state index is -4.31. The van der Waals surface area contributed by atoms with Gasteiger partial charge < -0.3 is 34.7 Å². The van der Waals surface area contributed by atoms with Crippen molar-refractivity contribution in [2.24, 2.45) is 0 Å². The number of nitrogens with one attached hydrogen (secondary N) is 1. The highest BCUT2D eigenvalue weighted by molar-refractivity contribution is 7.52. The van der Waals surface area contributed by atoms with Gasteiger partial charge in [0.15, 0.2) is 0 Å². The molecular formula is C26H59N3O6P+. The van der Waals surface area contributed by atoms with Crippen LogP contribution in [0.25, 0.3) is 0 Å². The van der Waals surface area contributed by atoms with Crippen LogP contribution in [0.15, 0.2) is 0 Å². The number of aliphatic hydroxyl groups excluding tert-OH is 2. The molecule has 36 heavy (non-hydrogen) atoms. The highest BCUT2D eigenvalue weighted by Gasteiger charge is 2.31. The maximum atomic E-state index is 11.8. The normalized spacial score (nSPS) is 12.6. The number of quaternary nitrogens is 1. The van der Waals surface area contributed by atoms with Gasteiger partial charge in [-0.2, -0.15) is 0 Å². The van der Waals surface area contributed by atoms with Crippen LogP contribution in [0, 0.1) is 0 Å². The first kappa shape index (κ1) is 37.5. The van der Waals surface area contributed by atoms with Crippen molar-refractivity contribution in [3.63, 3.8) is 0 Å². The second-order valence-corrected chi connectivity index (χ2v) is 12.5. The van der Waals surface area contributed by atoms with E-state index in [0.29, 0.717) is 17.6 Å². The topological polar surface area (TPSA) is 130 Å². The van der Waals surface area contributed by atoms with Crippen molar-refractivity contribution >= 4 is 13.6 Å². The first-order valence-electron chi connectivity index (χ1n) is 14.1. The molecule has 1 atom stereocenters. The summed E-state index contributed by atoms with van der Waals surface area (Å²) in [5.74, 6) is -1.55. The van der Waals surface area contributed by atoms with E-state index in [4.69, 9.17) is 20.0 Å². The summed E-state index contributed by atoms with van der Waals surface area (Å²) in [6.45, 7) is 6.10. The fraction of sp³-hybridized carbons (Fsp3) is 0.962. The smallest absolute Gasteiger partial charge is 0.359 e. The molecule has 0 aromatic heterocycles. The standard InChI is InChI=1S/C21H44N2O2.C5H14NO4P/c1-3-5-6-7-8-9-10-11-12-13-14-15-16-17-18-23(19-20-24)21(25)22-4-2;1-6(2,3)4-5(7)11(8,9)10/h24H,3-20H2,1-2H3,(H,22,25);5,7H,4H2,1-3H3,(H-,8,9,10)/p+1. The third-order valence-corrected chi connectivity index (χ3v) is 6.81. The second kappa shape index (κ2) is 23.4. The number of carbonyl (C=O) groups excluding carboxylic acids is 1. The number of amides is 2. The van der Waals surface area contributed by atoms with E-state index in [9.17, 15) is 9.36 Å². The predicted octanol–water partition coefficient (Wildman–Crippen LogP) is 4.68. The molecule has 0 heterocycles. The number of carbonyl (C=O) groups is 1. The van der Waals surface area contributed by atoms with Crippen LogP contribution in [0.3, 0.4) is 0 Å². The zero-order chi connectivity index (χ0) is 27.9. The molecule has 218 valence electrons. The predicted molar refractivity (Wildman–Crippen MR) is 149 cm³/mol. The lowest BCUT2D eigenvalue weighted by molar-refractivity contribution is -0.872. The number of unbranched alkanes of at least 4 members (excludes halogenated alkanes) is 13. The van der Waals surface area contributed by atoms with Gasteiger partial charge in [0.25, 0.3) is 0 Å². The fourth-order valence-electron chi connectivity index (χ4n) is 3.79. The SMILES string of the molecule is CCCCCCCCCCCCCCCCN(CCO)C(=O)NCC.C[N+](C)(C)CC(O)P(=O)(O)O. The van der Waals surface area contributed by atoms with Crippen LogP contribution >= 0.6 is 7.60 Å². The molecule has 10 heteroatoms. The van der Waals surface area contributed by atoms with Crippen LogP contribution < -0.4 is 5.32 Å². The number of hydrogen-bond donors (Lipinski definition) is 5. The Kier molecular flexibility index (Phi) is 24.4. The highest BCUT2D eigenvalue weighted by Crippen LogP contribution is 2.39. The zero-order valence-corrected chi connectivity index (χ0v) is 24.9. The van der Waals surface area contributed by atoms with Gasteiger partial charge in [-0.3, -0.25) is 4.57 Å². The minimum Gasteiger partial charge on any atom is -0.395 e. The van der Waals surface area contributed by atoms with E-state index in [0.717, 1.165) is 13.0 Å². The van der Waals surface area contributed by atoms with Crippen molar-refractivity contribution in [1.29, 1.82) is 0 Å². The third-order valence-electron chi connectivity index (χ3n) is 5.87. The summed E-state index contributed by atoms with van der Waals surface area (Å²) in [5.41, 5.74) is 0. The second-order valence-electron chi connectivity index (χ2n) is 10.7. The molecule has 0 saturated carbocycles. The average molecular weight is 541 g/mol. The fourth-order valence-corrected chi connectivity index (χ4v) is 4.49. The monoisotopic (exact) mass is 540 g/mol. The van der Waals surface area contributed by atoms with Gasteiger partial charge in [-0.15, -0.1) is 0 Å². The molecular weight excluding hydrogens is 481 g/mol. The number of nitrogens with zero attached hydrogens (tertiary/aromatic N) is 2. The largest absolute Gasteiger partial charge is 0.395 e. The molecule has 5 N–H and O–H groups in total. The van der Waals surface area contributed by atoms with Crippen molar-refractivity contribution in [2.45, 2.75) is 110 Å². The van der Waals surface area contributed by atoms with Crippen LogP contribution in [-0.2, 0) is 4.57 Å². The van der Waals surface area contributed by atoms with Crippen molar-refractivity contribution in [2.75, 3.05) is 53.9 Å². The lowest BCUT2D eigenvalue weighted by Crippen LogP contribution is -2.41. The molecule has 0 fully saturated rings. The molecule has 9 nitrogen and oxygen atoms in total. The van der Waals surface area contributed by atoms with Gasteiger partial charge in [-0.05, 0) is 13.3 Å². The molecule has 2 amide bonds. The molecule has 0 aromatic carbocycles. The van der Waals surface area contributed by atoms with Crippen LogP contribution in [0.1, 0.15) is 104 Å². The van der Waals surface area contributed by atoms with E-state index in [1.165, 1.54) is 83.5 Å². The third kappa shape index (κ3) is 26.4. The van der Waals surface area contributed by atoms with E-state index in [-0.39, 0.29) is 19.2 Å². The van der Waals surface area contributed by atoms with Gasteiger partial charge in [-0.25, -0.2) is 4.79 Å². The Morgan fingerprint density at radius 1 is 0.806 bits per heavy atom. The number of likely N-dealkylation sites (N-methyl/N-ethyl adjacent to an activating group) is 1. The molecule has 0 aliphatic rings. The van der Waals surface area contributed by atoms with Gasteiger partial charge in [0.05, 0.1) is 27.7 Å². The summed E-state index contributed by atoms with van der Waals surface area (Å²) >= 11 is 0. The number of urea groups is 1. The summed E-state index contributed by atoms with van der Waals surface area (Å²) in [4.78, 5) is 30.5. The van der Waals surface area contributed by atoms with Crippen molar-refractivity contribution in [1.82, 2.24) is 10.2 Å². The van der Waals surface area contributed by atoms with Crippen molar-refractivity contribution in [3.05, 3.63) is 0 Å². The summed E-state index contributed by atoms with van der Waals surface area (Å²) in [7, 11) is 0.933. The average Bonchev–Trinajstić information content (AvgIpc) is 2.77. The Morgan fingerprint density at radius 3 is 1.53 bits per heavy atom. The van der Waals surface area contributed by atoms with Crippen molar-refractivity contribution < 1.29 is 33.8 Å². The quantitative estimate of drug-likeness (QED) is 0.0816. The molecule has 0 bridgehead atoms. The first-order valence-corrected chi connectivity index (χ1v) is 15.7. The number of hydrogen-bond acceptors (Lipinski definition) is 4. The Morgan fingerprint density at radius 2 is 1.22 bits per heavy atom. The van der Waals surface area contributed by atoms with Gasteiger partial charge in [0.2, 0.25) is 5.85 Å². The molecule has 0 aromatic rings. The minimum absolute atomic E-state index is 0.0374. The molecule has 1 unspecified atom stereocenters. The lowest BCUT2D eigenvalue weighted by atomic mass is 10.0. The maximum Gasteiger partial charge on any atom is 0.359 e. The zero-order valence-electron chi connectivity index (χ0n) is 24.0. The van der Waals surface area contributed by atoms with E-state index in [2.05, 4.69) is 12.2 Å². The Balaban J connectivity index is 0. The van der Waals surface area contributed by atoms with E-state index >= 15 is 0 Å². The van der Waals surface area contributed by atoms with Gasteiger partial charge in [-0.1, -0.05) is 90.4 Å². The summed E-state index contributed by atoms with van der Waals surface area (Å²) < 4.78 is 10.8. The Bertz CT molecular complexity index is 554. The highest BCUT2D eigenvalue weighted by atomic mass is 31.2. The molecule has 0 radical (unpaired) electrons. The van der Waals surface area contributed by atoms with Crippen LogP contribution in [0.4, 0.5) is 4.79 Å². The van der Waals surface area contributed by atoms with Gasteiger partial charge in [0, 0.05) is 19.6 Å². The van der Waals surface area contributed by atoms with Crippen molar-refractivity contribution in [3.8, 4) is 0 Å². The number of rotatable bonds is 21. The maximum absolute atomic E-state index is 11.8. The summed E-state index contributed by atoms with van der Waals surface area (Å²) in [6, 6.07) is -0.0498. The Labute approximate surface area is 221 Å². The first-order chi connectivity index (χ1) is 16.9. The molecule has 0 rings (SSSR count). The van der Waals surface area contributed by atoms with Crippen LogP contribution in [0.5, 0.6) is 0 Å². The lowest BCUT2D eigenvalue weighted by Gasteiger charge is -2.26. The molecule has 0 saturated heterocycles. The number of aliphatic hydroxyl groups is 2. The van der Waals surface area contributed by atoms with Crippen LogP contribution in [0.2, 0.25) is 0 Å². The molecule has 0 aliphatic carbocycles.